The van der Waals surface area contributed by atoms with Crippen LogP contribution in [0.25, 0.3) is 0 Å². The zero-order valence-electron chi connectivity index (χ0n) is 9.20. The van der Waals surface area contributed by atoms with Crippen LogP contribution in [-0.2, 0) is 0 Å². The van der Waals surface area contributed by atoms with Crippen molar-refractivity contribution in [3.05, 3.63) is 23.9 Å². The highest BCUT2D eigenvalue weighted by atomic mass is 32.2. The van der Waals surface area contributed by atoms with Crippen LogP contribution in [-0.4, -0.2) is 23.0 Å². The number of thioether (sulfide) groups is 1. The monoisotopic (exact) mass is 222 g/mol. The Kier molecular flexibility index (Phi) is 3.89. The van der Waals surface area contributed by atoms with Gasteiger partial charge in [-0.25, -0.2) is 4.98 Å². The van der Waals surface area contributed by atoms with Gasteiger partial charge in [-0.15, -0.1) is 0 Å². The molecule has 1 aliphatic heterocycles. The normalized spacial score (nSPS) is 17.7. The first-order valence-electron chi connectivity index (χ1n) is 5.59. The second kappa shape index (κ2) is 5.40. The summed E-state index contributed by atoms with van der Waals surface area (Å²) in [4.78, 5) is 4.35. The van der Waals surface area contributed by atoms with Crippen LogP contribution in [0, 0.1) is 12.8 Å². The van der Waals surface area contributed by atoms with Crippen LogP contribution < -0.4 is 5.32 Å². The number of nitrogens with zero attached hydrogens (tertiary/aromatic N) is 1. The van der Waals surface area contributed by atoms with Crippen LogP contribution in [0.4, 0.5) is 5.82 Å². The Morgan fingerprint density at radius 2 is 2.20 bits per heavy atom. The maximum absolute atomic E-state index is 4.35. The summed E-state index contributed by atoms with van der Waals surface area (Å²) in [5.41, 5.74) is 1.22. The molecule has 2 nitrogen and oxygen atoms in total. The molecule has 1 saturated heterocycles. The third-order valence-electron chi connectivity index (χ3n) is 2.82. The highest BCUT2D eigenvalue weighted by Crippen LogP contribution is 2.22. The standard InChI is InChI=1S/C12H18N2S/c1-10-2-3-12(13-8-10)14-9-11-4-6-15-7-5-11/h2-3,8,11H,4-7,9H2,1H3,(H,13,14). The molecule has 2 rings (SSSR count). The predicted molar refractivity (Wildman–Crippen MR) is 67.5 cm³/mol. The van der Waals surface area contributed by atoms with E-state index in [-0.39, 0.29) is 0 Å². The van der Waals surface area contributed by atoms with Crippen molar-refractivity contribution in [1.82, 2.24) is 4.98 Å². The molecule has 0 radical (unpaired) electrons. The summed E-state index contributed by atoms with van der Waals surface area (Å²) in [6.45, 7) is 3.14. The molecule has 82 valence electrons. The Labute approximate surface area is 95.9 Å². The minimum absolute atomic E-state index is 0.842. The number of hydrogen-bond donors (Lipinski definition) is 1. The van der Waals surface area contributed by atoms with Gasteiger partial charge in [0.25, 0.3) is 0 Å². The third-order valence-corrected chi connectivity index (χ3v) is 3.87. The molecular weight excluding hydrogens is 204 g/mol. The molecule has 1 aromatic rings. The molecule has 1 aliphatic rings. The number of aromatic nitrogens is 1. The van der Waals surface area contributed by atoms with E-state index in [9.17, 15) is 0 Å². The lowest BCUT2D eigenvalue weighted by molar-refractivity contribution is 0.515. The van der Waals surface area contributed by atoms with Crippen LogP contribution in [0.15, 0.2) is 18.3 Å². The van der Waals surface area contributed by atoms with E-state index in [1.54, 1.807) is 0 Å². The SMILES string of the molecule is Cc1ccc(NCC2CCSCC2)nc1. The van der Waals surface area contributed by atoms with E-state index in [4.69, 9.17) is 0 Å². The molecule has 0 unspecified atom stereocenters. The van der Waals surface area contributed by atoms with E-state index in [1.165, 1.54) is 29.9 Å². The Morgan fingerprint density at radius 3 is 2.87 bits per heavy atom. The van der Waals surface area contributed by atoms with Crippen LogP contribution in [0.3, 0.4) is 0 Å². The molecule has 0 atom stereocenters. The van der Waals surface area contributed by atoms with Gasteiger partial charge in [-0.2, -0.15) is 11.8 Å². The van der Waals surface area contributed by atoms with Gasteiger partial charge < -0.3 is 5.32 Å². The molecule has 0 saturated carbocycles. The first kappa shape index (κ1) is 10.8. The van der Waals surface area contributed by atoms with Crippen molar-refractivity contribution in [2.75, 3.05) is 23.4 Å². The zero-order chi connectivity index (χ0) is 10.5. The first-order chi connectivity index (χ1) is 7.34. The van der Waals surface area contributed by atoms with Gasteiger partial charge in [0.1, 0.15) is 5.82 Å². The van der Waals surface area contributed by atoms with Crippen molar-refractivity contribution in [3.8, 4) is 0 Å². The zero-order valence-corrected chi connectivity index (χ0v) is 10.0. The van der Waals surface area contributed by atoms with Gasteiger partial charge in [0.05, 0.1) is 0 Å². The number of nitrogens with one attached hydrogen (secondary N) is 1. The summed E-state index contributed by atoms with van der Waals surface area (Å²) < 4.78 is 0. The first-order valence-corrected chi connectivity index (χ1v) is 6.74. The third kappa shape index (κ3) is 3.42. The summed E-state index contributed by atoms with van der Waals surface area (Å²) in [5.74, 6) is 4.51. The van der Waals surface area contributed by atoms with Crippen molar-refractivity contribution in [3.63, 3.8) is 0 Å². The van der Waals surface area contributed by atoms with Gasteiger partial charge >= 0.3 is 0 Å². The van der Waals surface area contributed by atoms with E-state index in [1.807, 2.05) is 6.20 Å². The van der Waals surface area contributed by atoms with E-state index >= 15 is 0 Å². The minimum Gasteiger partial charge on any atom is -0.370 e. The average Bonchev–Trinajstić information content (AvgIpc) is 2.30. The maximum Gasteiger partial charge on any atom is 0.125 e. The summed E-state index contributed by atoms with van der Waals surface area (Å²) in [5, 5.41) is 3.42. The molecule has 1 N–H and O–H groups in total. The van der Waals surface area contributed by atoms with Gasteiger partial charge in [-0.3, -0.25) is 0 Å². The van der Waals surface area contributed by atoms with Gasteiger partial charge in [-0.1, -0.05) is 6.07 Å². The lowest BCUT2D eigenvalue weighted by Crippen LogP contribution is -2.19. The van der Waals surface area contributed by atoms with E-state index in [0.29, 0.717) is 0 Å². The Morgan fingerprint density at radius 1 is 1.40 bits per heavy atom. The summed E-state index contributed by atoms with van der Waals surface area (Å²) in [7, 11) is 0. The lowest BCUT2D eigenvalue weighted by atomic mass is 10.0. The van der Waals surface area contributed by atoms with Crippen LogP contribution in [0.1, 0.15) is 18.4 Å². The quantitative estimate of drug-likeness (QED) is 0.851. The van der Waals surface area contributed by atoms with E-state index < -0.39 is 0 Å². The highest BCUT2D eigenvalue weighted by Gasteiger charge is 2.13. The van der Waals surface area contributed by atoms with Gasteiger partial charge in [-0.05, 0) is 48.8 Å². The summed E-state index contributed by atoms with van der Waals surface area (Å²) in [6.07, 6.45) is 4.62. The van der Waals surface area contributed by atoms with Crippen LogP contribution in [0.5, 0.6) is 0 Å². The molecule has 0 aromatic carbocycles. The second-order valence-electron chi connectivity index (χ2n) is 4.16. The Balaban J connectivity index is 1.79. The molecule has 0 bridgehead atoms. The number of pyridine rings is 1. The number of hydrogen-bond acceptors (Lipinski definition) is 3. The van der Waals surface area contributed by atoms with Crippen molar-refractivity contribution in [2.24, 2.45) is 5.92 Å². The Hall–Kier alpha value is -0.700. The number of aryl methyl sites for hydroxylation is 1. The summed E-state index contributed by atoms with van der Waals surface area (Å²) >= 11 is 2.08. The molecule has 0 spiro atoms. The largest absolute Gasteiger partial charge is 0.370 e. The average molecular weight is 222 g/mol. The molecule has 1 aromatic heterocycles. The van der Waals surface area contributed by atoms with Crippen molar-refractivity contribution in [1.29, 1.82) is 0 Å². The minimum atomic E-state index is 0.842. The van der Waals surface area contributed by atoms with Gasteiger partial charge in [0.2, 0.25) is 0 Å². The van der Waals surface area contributed by atoms with Crippen LogP contribution >= 0.6 is 11.8 Å². The van der Waals surface area contributed by atoms with Gasteiger partial charge in [0.15, 0.2) is 0 Å². The maximum atomic E-state index is 4.35. The van der Waals surface area contributed by atoms with Gasteiger partial charge in [0, 0.05) is 12.7 Å². The molecule has 0 aliphatic carbocycles. The van der Waals surface area contributed by atoms with Crippen molar-refractivity contribution in [2.45, 2.75) is 19.8 Å². The van der Waals surface area contributed by atoms with E-state index in [2.05, 4.69) is 41.1 Å². The fourth-order valence-corrected chi connectivity index (χ4v) is 2.98. The second-order valence-corrected chi connectivity index (χ2v) is 5.38. The van der Waals surface area contributed by atoms with Crippen molar-refractivity contribution >= 4 is 17.6 Å². The molecule has 15 heavy (non-hydrogen) atoms. The number of rotatable bonds is 3. The molecule has 2 heterocycles. The van der Waals surface area contributed by atoms with Crippen LogP contribution in [0.2, 0.25) is 0 Å². The number of anilines is 1. The Bertz CT molecular complexity index is 291. The molecular formula is C12H18N2S. The summed E-state index contributed by atoms with van der Waals surface area (Å²) in [6, 6.07) is 4.17. The smallest absolute Gasteiger partial charge is 0.125 e. The molecule has 0 amide bonds. The fourth-order valence-electron chi connectivity index (χ4n) is 1.77. The highest BCUT2D eigenvalue weighted by molar-refractivity contribution is 7.99. The predicted octanol–water partition coefficient (Wildman–Crippen LogP) is 2.95. The molecule has 1 fully saturated rings. The molecule has 3 heteroatoms. The van der Waals surface area contributed by atoms with E-state index in [0.717, 1.165) is 18.3 Å². The fraction of sp³-hybridized carbons (Fsp3) is 0.583. The lowest BCUT2D eigenvalue weighted by Gasteiger charge is -2.21. The topological polar surface area (TPSA) is 24.9 Å². The van der Waals surface area contributed by atoms with Crippen molar-refractivity contribution < 1.29 is 0 Å².